The van der Waals surface area contributed by atoms with Gasteiger partial charge in [0.2, 0.25) is 5.78 Å². The number of rotatable bonds is 2. The predicted octanol–water partition coefficient (Wildman–Crippen LogP) is 2.79. The Kier molecular flexibility index (Phi) is 2.85. The molecule has 1 aromatic heterocycles. The van der Waals surface area contributed by atoms with Crippen LogP contribution in [0.3, 0.4) is 0 Å². The van der Waals surface area contributed by atoms with Crippen molar-refractivity contribution in [1.82, 2.24) is 4.98 Å². The van der Waals surface area contributed by atoms with Crippen molar-refractivity contribution >= 4 is 35.0 Å². The first-order valence-electron chi connectivity index (χ1n) is 4.29. The molecule has 0 atom stereocenters. The van der Waals surface area contributed by atoms with Gasteiger partial charge in [0, 0.05) is 10.6 Å². The topological polar surface area (TPSA) is 69.1 Å². The number of carbonyl (C=O) groups excluding carboxylic acids is 1. The quantitative estimate of drug-likeness (QED) is 0.840. The number of oxazole rings is 1. The first-order valence-corrected chi connectivity index (χ1v) is 5.04. The van der Waals surface area contributed by atoms with Gasteiger partial charge in [0.25, 0.3) is 6.01 Å². The van der Waals surface area contributed by atoms with Crippen molar-refractivity contribution in [3.05, 3.63) is 45.8 Å². The summed E-state index contributed by atoms with van der Waals surface area (Å²) in [7, 11) is 0. The van der Waals surface area contributed by atoms with Gasteiger partial charge in [0.15, 0.2) is 5.76 Å². The van der Waals surface area contributed by atoms with Gasteiger partial charge in [-0.3, -0.25) is 4.79 Å². The molecule has 0 saturated carbocycles. The normalized spacial score (nSPS) is 10.4. The highest BCUT2D eigenvalue weighted by Gasteiger charge is 2.17. The van der Waals surface area contributed by atoms with Crippen molar-refractivity contribution in [2.24, 2.45) is 0 Å². The number of halogens is 2. The lowest BCUT2D eigenvalue weighted by Crippen LogP contribution is -2.00. The van der Waals surface area contributed by atoms with E-state index in [-0.39, 0.29) is 22.6 Å². The fraction of sp³-hybridized carbons (Fsp3) is 0. The molecule has 0 radical (unpaired) electrons. The highest BCUT2D eigenvalue weighted by Crippen LogP contribution is 2.23. The Labute approximate surface area is 101 Å². The number of aromatic nitrogens is 1. The Morgan fingerprint density at radius 2 is 2.12 bits per heavy atom. The van der Waals surface area contributed by atoms with Crippen molar-refractivity contribution in [3.8, 4) is 0 Å². The van der Waals surface area contributed by atoms with Crippen LogP contribution < -0.4 is 5.73 Å². The van der Waals surface area contributed by atoms with E-state index >= 15 is 0 Å². The van der Waals surface area contributed by atoms with E-state index < -0.39 is 0 Å². The minimum absolute atomic E-state index is 0.0433. The van der Waals surface area contributed by atoms with Gasteiger partial charge in [0.1, 0.15) is 0 Å². The Hall–Kier alpha value is -1.52. The second-order valence-corrected chi connectivity index (χ2v) is 3.86. The molecule has 2 N–H and O–H groups in total. The van der Waals surface area contributed by atoms with Gasteiger partial charge in [0.05, 0.1) is 11.2 Å². The number of hydrogen-bond acceptors (Lipinski definition) is 4. The first kappa shape index (κ1) is 11.0. The fourth-order valence-electron chi connectivity index (χ4n) is 1.20. The van der Waals surface area contributed by atoms with E-state index in [9.17, 15) is 4.79 Å². The molecule has 0 saturated heterocycles. The zero-order valence-electron chi connectivity index (χ0n) is 7.91. The van der Waals surface area contributed by atoms with Gasteiger partial charge < -0.3 is 10.2 Å². The lowest BCUT2D eigenvalue weighted by molar-refractivity contribution is 0.101. The van der Waals surface area contributed by atoms with E-state index in [1.54, 1.807) is 6.07 Å². The average Bonchev–Trinajstić information content (AvgIpc) is 2.64. The second-order valence-electron chi connectivity index (χ2n) is 3.02. The highest BCUT2D eigenvalue weighted by molar-refractivity contribution is 6.37. The summed E-state index contributed by atoms with van der Waals surface area (Å²) in [6.07, 6.45) is 1.25. The molecule has 0 aliphatic carbocycles. The van der Waals surface area contributed by atoms with E-state index in [4.69, 9.17) is 33.4 Å². The van der Waals surface area contributed by atoms with E-state index in [0.717, 1.165) is 0 Å². The van der Waals surface area contributed by atoms with Crippen molar-refractivity contribution < 1.29 is 9.21 Å². The molecule has 16 heavy (non-hydrogen) atoms. The number of nitrogen functional groups attached to an aromatic ring is 1. The number of nitrogens with zero attached hydrogens (tertiary/aromatic N) is 1. The number of carbonyl (C=O) groups is 1. The molecule has 0 unspecified atom stereocenters. The van der Waals surface area contributed by atoms with Crippen LogP contribution in [0.4, 0.5) is 6.01 Å². The molecule has 2 aromatic rings. The van der Waals surface area contributed by atoms with Crippen LogP contribution in [0.15, 0.2) is 28.8 Å². The van der Waals surface area contributed by atoms with Gasteiger partial charge in [-0.1, -0.05) is 23.2 Å². The summed E-state index contributed by atoms with van der Waals surface area (Å²) >= 11 is 11.6. The molecule has 0 aliphatic heterocycles. The van der Waals surface area contributed by atoms with Crippen LogP contribution in [0.2, 0.25) is 10.0 Å². The van der Waals surface area contributed by atoms with E-state index in [0.29, 0.717) is 10.6 Å². The summed E-state index contributed by atoms with van der Waals surface area (Å²) in [5, 5.41) is 0.714. The predicted molar refractivity (Wildman–Crippen MR) is 60.8 cm³/mol. The molecule has 1 aromatic carbocycles. The third kappa shape index (κ3) is 2.03. The summed E-state index contributed by atoms with van der Waals surface area (Å²) in [6, 6.07) is 4.51. The van der Waals surface area contributed by atoms with Crippen LogP contribution in [-0.2, 0) is 0 Å². The Morgan fingerprint density at radius 1 is 1.38 bits per heavy atom. The van der Waals surface area contributed by atoms with Gasteiger partial charge in [-0.25, -0.2) is 4.98 Å². The maximum Gasteiger partial charge on any atom is 0.292 e. The minimum atomic E-state index is -0.383. The van der Waals surface area contributed by atoms with E-state index in [1.807, 2.05) is 0 Å². The van der Waals surface area contributed by atoms with Crippen LogP contribution in [-0.4, -0.2) is 10.8 Å². The molecule has 82 valence electrons. The van der Waals surface area contributed by atoms with Crippen LogP contribution in [0.5, 0.6) is 0 Å². The van der Waals surface area contributed by atoms with Crippen molar-refractivity contribution in [3.63, 3.8) is 0 Å². The maximum absolute atomic E-state index is 11.9. The van der Waals surface area contributed by atoms with Gasteiger partial charge in [-0.15, -0.1) is 0 Å². The van der Waals surface area contributed by atoms with Crippen LogP contribution >= 0.6 is 23.2 Å². The largest absolute Gasteiger partial charge is 0.420 e. The minimum Gasteiger partial charge on any atom is -0.420 e. The van der Waals surface area contributed by atoms with E-state index in [2.05, 4.69) is 4.98 Å². The van der Waals surface area contributed by atoms with Gasteiger partial charge >= 0.3 is 0 Å². The zero-order chi connectivity index (χ0) is 11.7. The molecule has 0 amide bonds. The summed E-state index contributed by atoms with van der Waals surface area (Å²) < 4.78 is 4.91. The number of benzene rings is 1. The number of nitrogens with two attached hydrogens (primary N) is 1. The fourth-order valence-corrected chi connectivity index (χ4v) is 1.69. The Bertz CT molecular complexity index is 552. The molecule has 0 fully saturated rings. The summed E-state index contributed by atoms with van der Waals surface area (Å²) in [6.45, 7) is 0. The van der Waals surface area contributed by atoms with Crippen LogP contribution in [0.25, 0.3) is 0 Å². The lowest BCUT2D eigenvalue weighted by atomic mass is 10.1. The van der Waals surface area contributed by atoms with Crippen LogP contribution in [0, 0.1) is 0 Å². The summed E-state index contributed by atoms with van der Waals surface area (Å²) in [5.74, 6) is -0.340. The standard InChI is InChI=1S/C10H6Cl2N2O2/c11-5-1-2-6(7(12)3-5)9(15)8-4-14-10(13)16-8/h1-4H,(H2,13,14). The molecule has 0 spiro atoms. The molecule has 4 nitrogen and oxygen atoms in total. The molecule has 2 rings (SSSR count). The first-order chi connectivity index (χ1) is 7.58. The van der Waals surface area contributed by atoms with Crippen molar-refractivity contribution in [1.29, 1.82) is 0 Å². The van der Waals surface area contributed by atoms with Gasteiger partial charge in [-0.2, -0.15) is 0 Å². The van der Waals surface area contributed by atoms with E-state index in [1.165, 1.54) is 18.3 Å². The molecule has 6 heteroatoms. The second kappa shape index (κ2) is 4.15. The SMILES string of the molecule is Nc1ncc(C(=O)c2ccc(Cl)cc2Cl)o1. The summed E-state index contributed by atoms with van der Waals surface area (Å²) in [4.78, 5) is 15.5. The molecular weight excluding hydrogens is 251 g/mol. The number of anilines is 1. The number of hydrogen-bond donors (Lipinski definition) is 1. The third-order valence-corrected chi connectivity index (χ3v) is 2.47. The average molecular weight is 257 g/mol. The van der Waals surface area contributed by atoms with Crippen molar-refractivity contribution in [2.45, 2.75) is 0 Å². The number of ketones is 1. The van der Waals surface area contributed by atoms with Crippen molar-refractivity contribution in [2.75, 3.05) is 5.73 Å². The monoisotopic (exact) mass is 256 g/mol. The smallest absolute Gasteiger partial charge is 0.292 e. The highest BCUT2D eigenvalue weighted by atomic mass is 35.5. The maximum atomic E-state index is 11.9. The molecule has 0 bridgehead atoms. The zero-order valence-corrected chi connectivity index (χ0v) is 9.42. The Morgan fingerprint density at radius 3 is 2.69 bits per heavy atom. The van der Waals surface area contributed by atoms with Gasteiger partial charge in [-0.05, 0) is 18.2 Å². The van der Waals surface area contributed by atoms with Crippen LogP contribution in [0.1, 0.15) is 16.1 Å². The molecule has 0 aliphatic rings. The lowest BCUT2D eigenvalue weighted by Gasteiger charge is -2.00. The third-order valence-electron chi connectivity index (χ3n) is 1.92. The Balaban J connectivity index is 2.41. The molecular formula is C10H6Cl2N2O2. The molecule has 1 heterocycles. The summed E-state index contributed by atoms with van der Waals surface area (Å²) in [5.41, 5.74) is 5.57.